The van der Waals surface area contributed by atoms with Crippen LogP contribution in [0.3, 0.4) is 0 Å². The summed E-state index contributed by atoms with van der Waals surface area (Å²) < 4.78 is 16.7. The number of nitrogens with one attached hydrogen (secondary N) is 3. The molecule has 0 aliphatic heterocycles. The first kappa shape index (κ1) is 26.6. The first-order valence-electron chi connectivity index (χ1n) is 9.78. The van der Waals surface area contributed by atoms with Gasteiger partial charge in [-0.15, -0.1) is 0 Å². The number of aromatic hydroxyl groups is 1. The van der Waals surface area contributed by atoms with Gasteiger partial charge in [0.2, 0.25) is 19.6 Å². The van der Waals surface area contributed by atoms with Crippen LogP contribution in [0.15, 0.2) is 24.3 Å². The van der Waals surface area contributed by atoms with Gasteiger partial charge < -0.3 is 35.1 Å². The van der Waals surface area contributed by atoms with Crippen molar-refractivity contribution in [3.05, 3.63) is 29.8 Å². The van der Waals surface area contributed by atoms with E-state index >= 15 is 0 Å². The van der Waals surface area contributed by atoms with Crippen LogP contribution >= 0.6 is 7.75 Å². The van der Waals surface area contributed by atoms with Gasteiger partial charge in [-0.3, -0.25) is 14.2 Å². The third-order valence-corrected chi connectivity index (χ3v) is 5.70. The molecule has 0 fully saturated rings. The fraction of sp³-hybridized carbons (Fsp3) is 0.526. The molecule has 0 saturated carbocycles. The minimum Gasteiger partial charge on any atom is -0.766 e. The van der Waals surface area contributed by atoms with Crippen LogP contribution in [0.4, 0.5) is 0 Å². The van der Waals surface area contributed by atoms with E-state index in [0.29, 0.717) is 12.0 Å². The van der Waals surface area contributed by atoms with E-state index in [1.165, 1.54) is 31.2 Å². The molecule has 174 valence electrons. The number of carboxylic acids is 1. The zero-order valence-corrected chi connectivity index (χ0v) is 18.5. The van der Waals surface area contributed by atoms with Crippen LogP contribution in [0.25, 0.3) is 0 Å². The zero-order chi connectivity index (χ0) is 23.6. The molecule has 4 atom stereocenters. The van der Waals surface area contributed by atoms with Gasteiger partial charge in [-0.25, -0.2) is 5.09 Å². The van der Waals surface area contributed by atoms with Gasteiger partial charge >= 0.3 is 0 Å². The predicted molar refractivity (Wildman–Crippen MR) is 107 cm³/mol. The number of hydrogen-bond acceptors (Lipinski definition) is 8. The number of carboxylic acid groups (broad SMARTS) is 1. The Morgan fingerprint density at radius 1 is 1.16 bits per heavy atom. The fourth-order valence-electron chi connectivity index (χ4n) is 2.68. The molecule has 12 heteroatoms. The minimum absolute atomic E-state index is 0.00824. The molecule has 0 bridgehead atoms. The number of aliphatic carboxylic acids is 1. The second-order valence-corrected chi connectivity index (χ2v) is 8.44. The maximum Gasteiger partial charge on any atom is 0.243 e. The summed E-state index contributed by atoms with van der Waals surface area (Å²) >= 11 is 0. The van der Waals surface area contributed by atoms with Gasteiger partial charge in [-0.1, -0.05) is 32.4 Å². The fourth-order valence-corrected chi connectivity index (χ4v) is 3.81. The summed E-state index contributed by atoms with van der Waals surface area (Å²) in [4.78, 5) is 48.1. The monoisotopic (exact) mass is 457 g/mol. The molecule has 1 rings (SSSR count). The molecule has 0 spiro atoms. The van der Waals surface area contributed by atoms with Crippen molar-refractivity contribution in [2.45, 2.75) is 45.7 Å². The highest BCUT2D eigenvalue weighted by molar-refractivity contribution is 7.49. The van der Waals surface area contributed by atoms with Crippen molar-refractivity contribution in [2.24, 2.45) is 5.92 Å². The van der Waals surface area contributed by atoms with E-state index in [0.717, 1.165) is 0 Å². The van der Waals surface area contributed by atoms with Crippen molar-refractivity contribution >= 4 is 25.5 Å². The van der Waals surface area contributed by atoms with Crippen LogP contribution in [0, 0.1) is 5.92 Å². The molecule has 0 radical (unpaired) electrons. The summed E-state index contributed by atoms with van der Waals surface area (Å²) in [6.07, 6.45) is 0.426. The predicted octanol–water partition coefficient (Wildman–Crippen LogP) is -1.21. The second kappa shape index (κ2) is 12.4. The average molecular weight is 457 g/mol. The van der Waals surface area contributed by atoms with E-state index in [1.807, 2.05) is 0 Å². The van der Waals surface area contributed by atoms with Gasteiger partial charge in [0.05, 0.1) is 25.2 Å². The van der Waals surface area contributed by atoms with E-state index in [1.54, 1.807) is 13.8 Å². The van der Waals surface area contributed by atoms with Crippen LogP contribution in [0.1, 0.15) is 32.8 Å². The Bertz CT molecular complexity index is 802. The SMILES string of the molecule is CCOP(=O)([O-])N[C@H](C(=O)N[C@@H](Cc1ccc(O)cc1)C(=O)NCC(=O)[O-])[C@@H](C)CC. The largest absolute Gasteiger partial charge is 0.766 e. The number of phenols is 1. The molecule has 0 aromatic heterocycles. The van der Waals surface area contributed by atoms with Crippen molar-refractivity contribution in [2.75, 3.05) is 13.2 Å². The van der Waals surface area contributed by atoms with Crippen molar-refractivity contribution in [3.8, 4) is 5.75 Å². The van der Waals surface area contributed by atoms with E-state index < -0.39 is 50.1 Å². The Balaban J connectivity index is 3.07. The molecule has 0 heterocycles. The highest BCUT2D eigenvalue weighted by atomic mass is 31.2. The van der Waals surface area contributed by atoms with E-state index in [4.69, 9.17) is 0 Å². The Morgan fingerprint density at radius 2 is 1.77 bits per heavy atom. The van der Waals surface area contributed by atoms with Crippen LogP contribution in [0.2, 0.25) is 0 Å². The van der Waals surface area contributed by atoms with Gasteiger partial charge in [0.25, 0.3) is 0 Å². The van der Waals surface area contributed by atoms with E-state index in [-0.39, 0.29) is 18.8 Å². The molecule has 4 N–H and O–H groups in total. The maximum absolute atomic E-state index is 12.9. The number of benzene rings is 1. The highest BCUT2D eigenvalue weighted by Gasteiger charge is 2.31. The molecule has 0 saturated heterocycles. The maximum atomic E-state index is 12.9. The lowest BCUT2D eigenvalue weighted by atomic mass is 9.98. The first-order valence-corrected chi connectivity index (χ1v) is 11.3. The molecule has 0 aliphatic rings. The van der Waals surface area contributed by atoms with Gasteiger partial charge in [0, 0.05) is 6.42 Å². The van der Waals surface area contributed by atoms with Crippen LogP contribution < -0.4 is 25.7 Å². The van der Waals surface area contributed by atoms with Gasteiger partial charge in [-0.05, 0) is 30.5 Å². The molecule has 1 unspecified atom stereocenters. The lowest BCUT2D eigenvalue weighted by Crippen LogP contribution is -2.56. The zero-order valence-electron chi connectivity index (χ0n) is 17.6. The summed E-state index contributed by atoms with van der Waals surface area (Å²) in [6.45, 7) is 4.05. The van der Waals surface area contributed by atoms with Crippen LogP contribution in [-0.2, 0) is 29.9 Å². The minimum atomic E-state index is -4.51. The lowest BCUT2D eigenvalue weighted by Gasteiger charge is -2.32. The van der Waals surface area contributed by atoms with Gasteiger partial charge in [0.1, 0.15) is 11.8 Å². The average Bonchev–Trinajstić information content (AvgIpc) is 2.70. The molecule has 31 heavy (non-hydrogen) atoms. The quantitative estimate of drug-likeness (QED) is 0.264. The number of carbonyl (C=O) groups is 3. The molecule has 11 nitrogen and oxygen atoms in total. The molecule has 0 aliphatic carbocycles. The number of carbonyl (C=O) groups excluding carboxylic acids is 3. The Hall–Kier alpha value is -2.46. The van der Waals surface area contributed by atoms with Crippen molar-refractivity contribution in [1.29, 1.82) is 0 Å². The van der Waals surface area contributed by atoms with Crippen molar-refractivity contribution in [1.82, 2.24) is 15.7 Å². The Kier molecular flexibility index (Phi) is 10.6. The Morgan fingerprint density at radius 3 is 2.29 bits per heavy atom. The van der Waals surface area contributed by atoms with E-state index in [2.05, 4.69) is 20.2 Å². The molecule has 1 aromatic carbocycles. The smallest absolute Gasteiger partial charge is 0.243 e. The third kappa shape index (κ3) is 9.48. The van der Waals surface area contributed by atoms with Crippen molar-refractivity contribution in [3.63, 3.8) is 0 Å². The molecular weight excluding hydrogens is 429 g/mol. The summed E-state index contributed by atoms with van der Waals surface area (Å²) in [5.74, 6) is -3.48. The third-order valence-electron chi connectivity index (χ3n) is 4.51. The second-order valence-electron chi connectivity index (χ2n) is 6.93. The summed E-state index contributed by atoms with van der Waals surface area (Å²) in [6, 6.07) is 3.44. The number of hydrogen-bond donors (Lipinski definition) is 4. The van der Waals surface area contributed by atoms with Gasteiger partial charge in [0.15, 0.2) is 0 Å². The van der Waals surface area contributed by atoms with Gasteiger partial charge in [-0.2, -0.15) is 0 Å². The summed E-state index contributed by atoms with van der Waals surface area (Å²) in [5, 5.41) is 26.9. The number of amides is 2. The number of rotatable bonds is 13. The van der Waals surface area contributed by atoms with Crippen molar-refractivity contribution < 1.29 is 38.6 Å². The van der Waals surface area contributed by atoms with E-state index in [9.17, 15) is 34.1 Å². The summed E-state index contributed by atoms with van der Waals surface area (Å²) in [5.41, 5.74) is 0.573. The molecular formula is C19H28N3O8P-2. The topological polar surface area (TPSA) is 180 Å². The standard InChI is InChI=1S/C19H30N3O8P/c1-4-12(3)17(22-31(28,29)30-5-2)19(27)21-15(18(26)20-11-16(24)25)10-13-6-8-14(23)9-7-13/h6-9,12,15,17,23H,4-5,10-11H2,1-3H3,(H,20,26)(H,21,27)(H,24,25)(H2,22,28,29)/p-2/t12-,15-,17-/m0/s1. The lowest BCUT2D eigenvalue weighted by molar-refractivity contribution is -0.304. The highest BCUT2D eigenvalue weighted by Crippen LogP contribution is 2.33. The van der Waals surface area contributed by atoms with Crippen LogP contribution in [0.5, 0.6) is 5.75 Å². The molecule has 1 aromatic rings. The summed E-state index contributed by atoms with van der Waals surface area (Å²) in [7, 11) is -4.51. The first-order chi connectivity index (χ1) is 14.5. The number of phenolic OH excluding ortho intramolecular Hbond substituents is 1. The van der Waals surface area contributed by atoms with Crippen LogP contribution in [-0.4, -0.2) is 48.1 Å². The normalized spacial score (nSPS) is 15.9. The molecule has 2 amide bonds. The Labute approximate surface area is 180 Å².